The molecule has 0 aliphatic heterocycles. The summed E-state index contributed by atoms with van der Waals surface area (Å²) in [5.41, 5.74) is 0.883. The normalized spacial score (nSPS) is 11.7. The number of sulfonamides is 1. The third-order valence-electron chi connectivity index (χ3n) is 2.31. The van der Waals surface area contributed by atoms with Crippen LogP contribution >= 0.6 is 0 Å². The molecule has 94 valence electrons. The summed E-state index contributed by atoms with van der Waals surface area (Å²) in [5, 5.41) is 8.89. The van der Waals surface area contributed by atoms with Crippen LogP contribution in [0.1, 0.15) is 5.56 Å². The zero-order chi connectivity index (χ0) is 12.9. The van der Waals surface area contributed by atoms with Crippen LogP contribution in [0, 0.1) is 6.92 Å². The van der Waals surface area contributed by atoms with Crippen LogP contribution in [0.15, 0.2) is 41.8 Å². The Morgan fingerprint density at radius 1 is 1.47 bits per heavy atom. The third kappa shape index (κ3) is 3.39. The first-order valence-electron chi connectivity index (χ1n) is 5.31. The Kier molecular flexibility index (Phi) is 4.86. The van der Waals surface area contributed by atoms with Gasteiger partial charge in [-0.25, -0.2) is 8.42 Å². The van der Waals surface area contributed by atoms with E-state index in [1.807, 2.05) is 13.0 Å². The van der Waals surface area contributed by atoms with Crippen molar-refractivity contribution >= 4 is 10.0 Å². The number of nitrogens with zero attached hydrogens (tertiary/aromatic N) is 1. The average molecular weight is 255 g/mol. The molecule has 0 aliphatic rings. The van der Waals surface area contributed by atoms with E-state index in [0.717, 1.165) is 5.56 Å². The summed E-state index contributed by atoms with van der Waals surface area (Å²) in [6.07, 6.45) is 1.50. The fourth-order valence-electron chi connectivity index (χ4n) is 1.49. The molecule has 1 N–H and O–H groups in total. The van der Waals surface area contributed by atoms with Gasteiger partial charge in [-0.05, 0) is 24.6 Å². The van der Waals surface area contributed by atoms with Crippen LogP contribution in [0.3, 0.4) is 0 Å². The lowest BCUT2D eigenvalue weighted by atomic mass is 10.2. The summed E-state index contributed by atoms with van der Waals surface area (Å²) in [6, 6.07) is 6.70. The predicted octanol–water partition coefficient (Wildman–Crippen LogP) is 1.16. The van der Waals surface area contributed by atoms with Crippen LogP contribution in [-0.4, -0.2) is 37.5 Å². The Bertz CT molecular complexity index is 482. The molecule has 0 aliphatic carbocycles. The minimum atomic E-state index is -3.55. The number of benzene rings is 1. The lowest BCUT2D eigenvalue weighted by Gasteiger charge is -2.19. The molecule has 0 fully saturated rings. The van der Waals surface area contributed by atoms with Crippen molar-refractivity contribution in [2.24, 2.45) is 0 Å². The van der Waals surface area contributed by atoms with Gasteiger partial charge >= 0.3 is 0 Å². The number of hydrogen-bond acceptors (Lipinski definition) is 3. The Morgan fingerprint density at radius 2 is 2.18 bits per heavy atom. The van der Waals surface area contributed by atoms with Gasteiger partial charge in [0.2, 0.25) is 10.0 Å². The van der Waals surface area contributed by atoms with Crippen LogP contribution in [0.4, 0.5) is 0 Å². The lowest BCUT2D eigenvalue weighted by molar-refractivity contribution is 0.260. The maximum Gasteiger partial charge on any atom is 0.243 e. The topological polar surface area (TPSA) is 57.6 Å². The smallest absolute Gasteiger partial charge is 0.243 e. The van der Waals surface area contributed by atoms with Crippen molar-refractivity contribution in [1.82, 2.24) is 4.31 Å². The second-order valence-corrected chi connectivity index (χ2v) is 5.63. The summed E-state index contributed by atoms with van der Waals surface area (Å²) in [6.45, 7) is 5.41. The Morgan fingerprint density at radius 3 is 2.71 bits per heavy atom. The van der Waals surface area contributed by atoms with Gasteiger partial charge in [-0.3, -0.25) is 0 Å². The monoisotopic (exact) mass is 255 g/mol. The SMILES string of the molecule is C=CCN(CCO)S(=O)(=O)c1cccc(C)c1. The molecular weight excluding hydrogens is 238 g/mol. The van der Waals surface area contributed by atoms with Crippen molar-refractivity contribution in [3.05, 3.63) is 42.5 Å². The fourth-order valence-corrected chi connectivity index (χ4v) is 3.00. The van der Waals surface area contributed by atoms with E-state index >= 15 is 0 Å². The van der Waals surface area contributed by atoms with E-state index in [1.54, 1.807) is 18.2 Å². The number of aliphatic hydroxyl groups is 1. The van der Waals surface area contributed by atoms with Gasteiger partial charge in [0.1, 0.15) is 0 Å². The van der Waals surface area contributed by atoms with E-state index in [2.05, 4.69) is 6.58 Å². The van der Waals surface area contributed by atoms with E-state index in [9.17, 15) is 8.42 Å². The molecule has 0 amide bonds. The van der Waals surface area contributed by atoms with E-state index in [-0.39, 0.29) is 24.6 Å². The summed E-state index contributed by atoms with van der Waals surface area (Å²) >= 11 is 0. The maximum atomic E-state index is 12.2. The predicted molar refractivity (Wildman–Crippen MR) is 67.2 cm³/mol. The first-order valence-corrected chi connectivity index (χ1v) is 6.75. The van der Waals surface area contributed by atoms with E-state index in [0.29, 0.717) is 0 Å². The number of rotatable bonds is 6. The van der Waals surface area contributed by atoms with Gasteiger partial charge in [-0.2, -0.15) is 4.31 Å². The average Bonchev–Trinajstić information content (AvgIpc) is 2.29. The second kappa shape index (κ2) is 5.95. The van der Waals surface area contributed by atoms with Crippen LogP contribution in [0.5, 0.6) is 0 Å². The minimum Gasteiger partial charge on any atom is -0.395 e. The first kappa shape index (κ1) is 13.9. The second-order valence-electron chi connectivity index (χ2n) is 3.69. The number of aliphatic hydroxyl groups excluding tert-OH is 1. The highest BCUT2D eigenvalue weighted by atomic mass is 32.2. The Labute approximate surface area is 102 Å². The van der Waals surface area contributed by atoms with Crippen LogP contribution in [-0.2, 0) is 10.0 Å². The number of aryl methyl sites for hydroxylation is 1. The molecule has 0 spiro atoms. The lowest BCUT2D eigenvalue weighted by Crippen LogP contribution is -2.33. The largest absolute Gasteiger partial charge is 0.395 e. The molecule has 0 heterocycles. The fraction of sp³-hybridized carbons (Fsp3) is 0.333. The highest BCUT2D eigenvalue weighted by molar-refractivity contribution is 7.89. The molecule has 4 nitrogen and oxygen atoms in total. The molecule has 0 aromatic heterocycles. The summed E-state index contributed by atoms with van der Waals surface area (Å²) in [4.78, 5) is 0.243. The van der Waals surface area contributed by atoms with Crippen molar-refractivity contribution in [3.8, 4) is 0 Å². The summed E-state index contributed by atoms with van der Waals surface area (Å²) in [5.74, 6) is 0. The van der Waals surface area contributed by atoms with Gasteiger partial charge in [-0.1, -0.05) is 18.2 Å². The van der Waals surface area contributed by atoms with Crippen molar-refractivity contribution < 1.29 is 13.5 Å². The van der Waals surface area contributed by atoms with Crippen LogP contribution < -0.4 is 0 Å². The molecular formula is C12H17NO3S. The maximum absolute atomic E-state index is 12.2. The van der Waals surface area contributed by atoms with Crippen LogP contribution in [0.2, 0.25) is 0 Å². The van der Waals surface area contributed by atoms with Crippen molar-refractivity contribution in [1.29, 1.82) is 0 Å². The minimum absolute atomic E-state index is 0.0717. The molecule has 0 bridgehead atoms. The molecule has 1 rings (SSSR count). The molecule has 17 heavy (non-hydrogen) atoms. The third-order valence-corrected chi connectivity index (χ3v) is 4.17. The quantitative estimate of drug-likeness (QED) is 0.776. The van der Waals surface area contributed by atoms with Gasteiger partial charge < -0.3 is 5.11 Å². The summed E-state index contributed by atoms with van der Waals surface area (Å²) in [7, 11) is -3.55. The van der Waals surface area contributed by atoms with Gasteiger partial charge in [0, 0.05) is 13.1 Å². The first-order chi connectivity index (χ1) is 8.02. The van der Waals surface area contributed by atoms with Crippen molar-refractivity contribution in [2.75, 3.05) is 19.7 Å². The summed E-state index contributed by atoms with van der Waals surface area (Å²) < 4.78 is 25.7. The molecule has 0 saturated carbocycles. The number of hydrogen-bond donors (Lipinski definition) is 1. The van der Waals surface area contributed by atoms with Crippen LogP contribution in [0.25, 0.3) is 0 Å². The standard InChI is InChI=1S/C12H17NO3S/c1-3-7-13(8-9-14)17(15,16)12-6-4-5-11(2)10-12/h3-6,10,14H,1,7-9H2,2H3. The molecule has 0 atom stereocenters. The van der Waals surface area contributed by atoms with Gasteiger partial charge in [0.05, 0.1) is 11.5 Å². The highest BCUT2D eigenvalue weighted by Crippen LogP contribution is 2.16. The molecule has 1 aromatic rings. The molecule has 1 aromatic carbocycles. The zero-order valence-corrected chi connectivity index (χ0v) is 10.7. The van der Waals surface area contributed by atoms with Gasteiger partial charge in [-0.15, -0.1) is 6.58 Å². The van der Waals surface area contributed by atoms with Crippen molar-refractivity contribution in [3.63, 3.8) is 0 Å². The van der Waals surface area contributed by atoms with E-state index < -0.39 is 10.0 Å². The molecule has 0 saturated heterocycles. The highest BCUT2D eigenvalue weighted by Gasteiger charge is 2.22. The van der Waals surface area contributed by atoms with E-state index in [4.69, 9.17) is 5.11 Å². The molecule has 5 heteroatoms. The van der Waals surface area contributed by atoms with Gasteiger partial charge in [0.15, 0.2) is 0 Å². The molecule has 0 radical (unpaired) electrons. The van der Waals surface area contributed by atoms with E-state index in [1.165, 1.54) is 10.4 Å². The molecule has 0 unspecified atom stereocenters. The van der Waals surface area contributed by atoms with Gasteiger partial charge in [0.25, 0.3) is 0 Å². The Hall–Kier alpha value is -1.17. The Balaban J connectivity index is 3.11. The van der Waals surface area contributed by atoms with Crippen molar-refractivity contribution in [2.45, 2.75) is 11.8 Å². The zero-order valence-electron chi connectivity index (χ0n) is 9.83.